The van der Waals surface area contributed by atoms with E-state index >= 15 is 0 Å². The average molecular weight is 339 g/mol. The number of rotatable bonds is 5. The Hall–Kier alpha value is -3.17. The van der Waals surface area contributed by atoms with Gasteiger partial charge in [-0.1, -0.05) is 84.9 Å². The Balaban J connectivity index is 1.54. The molecule has 2 N–H and O–H groups in total. The van der Waals surface area contributed by atoms with Crippen molar-refractivity contribution < 1.29 is 0 Å². The van der Waals surface area contributed by atoms with E-state index in [1.54, 1.807) is 0 Å². The van der Waals surface area contributed by atoms with Gasteiger partial charge in [0.05, 0.1) is 24.3 Å². The molecule has 3 heteroatoms. The highest BCUT2D eigenvalue weighted by atomic mass is 15.1. The molecule has 0 radical (unpaired) electrons. The van der Waals surface area contributed by atoms with Crippen molar-refractivity contribution in [3.8, 4) is 11.1 Å². The first-order chi connectivity index (χ1) is 12.8. The van der Waals surface area contributed by atoms with Gasteiger partial charge in [0.2, 0.25) is 0 Å². The maximum absolute atomic E-state index is 6.45. The zero-order valence-electron chi connectivity index (χ0n) is 14.5. The van der Waals surface area contributed by atoms with Gasteiger partial charge >= 0.3 is 0 Å². The Kier molecular flexibility index (Phi) is 4.63. The van der Waals surface area contributed by atoms with Crippen LogP contribution in [0.2, 0.25) is 0 Å². The lowest BCUT2D eigenvalue weighted by atomic mass is 10.0. The van der Waals surface area contributed by atoms with E-state index in [-0.39, 0.29) is 6.04 Å². The number of hydrogen-bond donors (Lipinski definition) is 1. The van der Waals surface area contributed by atoms with Gasteiger partial charge < -0.3 is 10.3 Å². The van der Waals surface area contributed by atoms with E-state index in [9.17, 15) is 0 Å². The van der Waals surface area contributed by atoms with Crippen molar-refractivity contribution in [3.63, 3.8) is 0 Å². The van der Waals surface area contributed by atoms with Crippen molar-refractivity contribution in [1.82, 2.24) is 9.55 Å². The Morgan fingerprint density at radius 3 is 2.08 bits per heavy atom. The van der Waals surface area contributed by atoms with E-state index in [0.29, 0.717) is 0 Å². The van der Waals surface area contributed by atoms with Gasteiger partial charge in [-0.2, -0.15) is 0 Å². The molecule has 0 amide bonds. The van der Waals surface area contributed by atoms with Crippen LogP contribution in [-0.4, -0.2) is 9.55 Å². The molecular weight excluding hydrogens is 318 g/mol. The highest BCUT2D eigenvalue weighted by molar-refractivity contribution is 5.63. The molecule has 128 valence electrons. The van der Waals surface area contributed by atoms with Gasteiger partial charge in [-0.15, -0.1) is 0 Å². The second-order valence-corrected chi connectivity index (χ2v) is 6.40. The van der Waals surface area contributed by atoms with Gasteiger partial charge in [0, 0.05) is 6.54 Å². The zero-order valence-corrected chi connectivity index (χ0v) is 14.5. The summed E-state index contributed by atoms with van der Waals surface area (Å²) in [6.07, 6.45) is 3.71. The maximum Gasteiger partial charge on any atom is 0.0951 e. The second-order valence-electron chi connectivity index (χ2n) is 6.40. The summed E-state index contributed by atoms with van der Waals surface area (Å²) in [6.45, 7) is 0.755. The van der Waals surface area contributed by atoms with Crippen LogP contribution in [0.1, 0.15) is 22.9 Å². The number of imidazole rings is 1. The van der Waals surface area contributed by atoms with Crippen LogP contribution in [-0.2, 0) is 6.54 Å². The number of aromatic nitrogens is 2. The van der Waals surface area contributed by atoms with Crippen molar-refractivity contribution in [2.75, 3.05) is 0 Å². The van der Waals surface area contributed by atoms with Crippen LogP contribution in [0.3, 0.4) is 0 Å². The van der Waals surface area contributed by atoms with Gasteiger partial charge in [-0.3, -0.25) is 0 Å². The summed E-state index contributed by atoms with van der Waals surface area (Å²) < 4.78 is 2.12. The third kappa shape index (κ3) is 3.44. The Morgan fingerprint density at radius 2 is 1.38 bits per heavy atom. The fourth-order valence-electron chi connectivity index (χ4n) is 3.18. The number of benzene rings is 3. The smallest absolute Gasteiger partial charge is 0.0951 e. The lowest BCUT2D eigenvalue weighted by Gasteiger charge is -2.15. The first kappa shape index (κ1) is 16.3. The monoisotopic (exact) mass is 339 g/mol. The molecule has 3 nitrogen and oxygen atoms in total. The van der Waals surface area contributed by atoms with Crippen LogP contribution in [0.4, 0.5) is 0 Å². The molecule has 0 aliphatic carbocycles. The number of nitrogens with zero attached hydrogens (tertiary/aromatic N) is 2. The van der Waals surface area contributed by atoms with Gasteiger partial charge in [0.15, 0.2) is 0 Å². The van der Waals surface area contributed by atoms with E-state index in [0.717, 1.165) is 17.8 Å². The van der Waals surface area contributed by atoms with E-state index in [4.69, 9.17) is 5.73 Å². The van der Waals surface area contributed by atoms with E-state index in [1.807, 2.05) is 36.8 Å². The van der Waals surface area contributed by atoms with E-state index in [2.05, 4.69) is 70.2 Å². The maximum atomic E-state index is 6.45. The van der Waals surface area contributed by atoms with Crippen LogP contribution in [0.25, 0.3) is 11.1 Å². The van der Waals surface area contributed by atoms with E-state index in [1.165, 1.54) is 16.7 Å². The molecule has 0 bridgehead atoms. The summed E-state index contributed by atoms with van der Waals surface area (Å²) in [6, 6.07) is 29.0. The minimum absolute atomic E-state index is 0.178. The predicted molar refractivity (Wildman–Crippen MR) is 106 cm³/mol. The highest BCUT2D eigenvalue weighted by Gasteiger charge is 2.13. The van der Waals surface area contributed by atoms with Crippen LogP contribution >= 0.6 is 0 Å². The minimum Gasteiger partial charge on any atom is -0.328 e. The van der Waals surface area contributed by atoms with Crippen molar-refractivity contribution in [2.45, 2.75) is 12.6 Å². The average Bonchev–Trinajstić information content (AvgIpc) is 3.17. The zero-order chi connectivity index (χ0) is 17.8. The Bertz CT molecular complexity index is 957. The first-order valence-corrected chi connectivity index (χ1v) is 8.76. The summed E-state index contributed by atoms with van der Waals surface area (Å²) in [4.78, 5) is 4.31. The summed E-state index contributed by atoms with van der Waals surface area (Å²) in [5.41, 5.74) is 12.2. The minimum atomic E-state index is -0.178. The summed E-state index contributed by atoms with van der Waals surface area (Å²) >= 11 is 0. The SMILES string of the molecule is NC(c1ccccc1)c1cncn1Cc1ccc(-c2ccccc2)cc1. The van der Waals surface area contributed by atoms with Gasteiger partial charge in [-0.25, -0.2) is 4.98 Å². The van der Waals surface area contributed by atoms with Gasteiger partial charge in [0.1, 0.15) is 0 Å². The molecule has 1 heterocycles. The van der Waals surface area contributed by atoms with Crippen LogP contribution in [0.15, 0.2) is 97.5 Å². The molecular formula is C23H21N3. The van der Waals surface area contributed by atoms with Crippen LogP contribution in [0, 0.1) is 0 Å². The molecule has 0 aliphatic rings. The summed E-state index contributed by atoms with van der Waals surface area (Å²) in [5.74, 6) is 0. The fraction of sp³-hybridized carbons (Fsp3) is 0.0870. The quantitative estimate of drug-likeness (QED) is 0.575. The Labute approximate surface area is 153 Å². The summed E-state index contributed by atoms with van der Waals surface area (Å²) in [5, 5.41) is 0. The fourth-order valence-corrected chi connectivity index (χ4v) is 3.18. The van der Waals surface area contributed by atoms with Crippen molar-refractivity contribution >= 4 is 0 Å². The van der Waals surface area contributed by atoms with Crippen molar-refractivity contribution in [2.24, 2.45) is 5.73 Å². The molecule has 0 fully saturated rings. The van der Waals surface area contributed by atoms with Crippen LogP contribution in [0.5, 0.6) is 0 Å². The first-order valence-electron chi connectivity index (χ1n) is 8.76. The molecule has 3 aromatic carbocycles. The van der Waals surface area contributed by atoms with Gasteiger partial charge in [0.25, 0.3) is 0 Å². The number of nitrogens with two attached hydrogens (primary N) is 1. The Morgan fingerprint density at radius 1 is 0.769 bits per heavy atom. The largest absolute Gasteiger partial charge is 0.328 e. The van der Waals surface area contributed by atoms with Crippen molar-refractivity contribution in [3.05, 3.63) is 114 Å². The summed E-state index contributed by atoms with van der Waals surface area (Å²) in [7, 11) is 0. The molecule has 4 rings (SSSR count). The molecule has 0 aliphatic heterocycles. The molecule has 26 heavy (non-hydrogen) atoms. The van der Waals surface area contributed by atoms with Gasteiger partial charge in [-0.05, 0) is 22.3 Å². The third-order valence-corrected chi connectivity index (χ3v) is 4.64. The molecule has 1 unspecified atom stereocenters. The predicted octanol–water partition coefficient (Wildman–Crippen LogP) is 4.65. The molecule has 4 aromatic rings. The standard InChI is InChI=1S/C23H21N3/c24-23(21-9-5-2-6-10-21)22-15-25-17-26(22)16-18-11-13-20(14-12-18)19-7-3-1-4-8-19/h1-15,17,23H,16,24H2. The number of hydrogen-bond acceptors (Lipinski definition) is 2. The van der Waals surface area contributed by atoms with E-state index < -0.39 is 0 Å². The molecule has 1 atom stereocenters. The lowest BCUT2D eigenvalue weighted by Crippen LogP contribution is -2.16. The van der Waals surface area contributed by atoms with Crippen molar-refractivity contribution in [1.29, 1.82) is 0 Å². The second kappa shape index (κ2) is 7.38. The topological polar surface area (TPSA) is 43.8 Å². The van der Waals surface area contributed by atoms with Crippen LogP contribution < -0.4 is 5.73 Å². The molecule has 0 saturated heterocycles. The highest BCUT2D eigenvalue weighted by Crippen LogP contribution is 2.22. The lowest BCUT2D eigenvalue weighted by molar-refractivity contribution is 0.696. The normalized spacial score (nSPS) is 12.0. The molecule has 1 aromatic heterocycles. The third-order valence-electron chi connectivity index (χ3n) is 4.64. The molecule has 0 saturated carbocycles. The molecule has 0 spiro atoms.